The van der Waals surface area contributed by atoms with Gasteiger partial charge in [0.25, 0.3) is 0 Å². The summed E-state index contributed by atoms with van der Waals surface area (Å²) in [5.41, 5.74) is 1.60. The summed E-state index contributed by atoms with van der Waals surface area (Å²) in [5, 5.41) is 5.30. The summed E-state index contributed by atoms with van der Waals surface area (Å²) in [7, 11) is -3.74. The van der Waals surface area contributed by atoms with Gasteiger partial charge in [-0.2, -0.15) is 0 Å². The van der Waals surface area contributed by atoms with E-state index in [1.807, 2.05) is 30.3 Å². The average Bonchev–Trinajstić information content (AvgIpc) is 3.52. The number of urea groups is 1. The van der Waals surface area contributed by atoms with Crippen LogP contribution in [0.2, 0.25) is 0 Å². The van der Waals surface area contributed by atoms with Gasteiger partial charge < -0.3 is 28.9 Å². The molecule has 0 aliphatic carbocycles. The molecule has 3 aromatic rings. The van der Waals surface area contributed by atoms with Gasteiger partial charge in [-0.05, 0) is 6.92 Å². The second-order valence-corrected chi connectivity index (χ2v) is 10.0. The lowest BCUT2D eigenvalue weighted by Gasteiger charge is -2.21. The molecule has 0 bridgehead atoms. The third kappa shape index (κ3) is 4.92. The number of amides is 2. The van der Waals surface area contributed by atoms with Gasteiger partial charge in [0.1, 0.15) is 24.6 Å². The molecule has 2 unspecified atom stereocenters. The summed E-state index contributed by atoms with van der Waals surface area (Å²) in [6.45, 7) is 3.20. The molecule has 5 rings (SSSR count). The molecule has 2 fully saturated rings. The van der Waals surface area contributed by atoms with Crippen LogP contribution in [0.3, 0.4) is 0 Å². The first-order valence-electron chi connectivity index (χ1n) is 11.0. The molecule has 1 aromatic carbocycles. The summed E-state index contributed by atoms with van der Waals surface area (Å²) in [5.74, 6) is 0.243. The van der Waals surface area contributed by atoms with Gasteiger partial charge in [0.2, 0.25) is 0 Å². The van der Waals surface area contributed by atoms with Crippen LogP contribution >= 0.6 is 7.60 Å². The van der Waals surface area contributed by atoms with Crippen LogP contribution < -0.4 is 10.6 Å². The van der Waals surface area contributed by atoms with E-state index >= 15 is 0 Å². The third-order valence-electron chi connectivity index (χ3n) is 5.60. The highest BCUT2D eigenvalue weighted by molar-refractivity contribution is 7.51. The van der Waals surface area contributed by atoms with Crippen LogP contribution in [0, 0.1) is 0 Å². The zero-order chi connectivity index (χ0) is 24.6. The number of fused-ring (bicyclic) bond motifs is 2. The molecule has 2 aromatic heterocycles. The minimum atomic E-state index is -3.74. The van der Waals surface area contributed by atoms with Crippen LogP contribution in [0.4, 0.5) is 10.6 Å². The van der Waals surface area contributed by atoms with E-state index in [4.69, 9.17) is 18.7 Å². The number of anilines is 1. The Morgan fingerprint density at radius 1 is 1.17 bits per heavy atom. The number of rotatable bonds is 7. The first kappa shape index (κ1) is 23.8. The summed E-state index contributed by atoms with van der Waals surface area (Å²) in [4.78, 5) is 34.4. The van der Waals surface area contributed by atoms with E-state index in [1.165, 1.54) is 12.7 Å². The van der Waals surface area contributed by atoms with Gasteiger partial charge in [-0.1, -0.05) is 30.3 Å². The minimum absolute atomic E-state index is 0.168. The number of ether oxygens (including phenoxy) is 3. The monoisotopic (exact) mass is 504 g/mol. The molecule has 14 heteroatoms. The second-order valence-electron chi connectivity index (χ2n) is 8.14. The maximum Gasteiger partial charge on any atom is 0.325 e. The van der Waals surface area contributed by atoms with E-state index in [-0.39, 0.29) is 12.4 Å². The van der Waals surface area contributed by atoms with Gasteiger partial charge in [-0.3, -0.25) is 14.4 Å². The van der Waals surface area contributed by atoms with Crippen LogP contribution in [0.1, 0.15) is 25.0 Å². The van der Waals surface area contributed by atoms with Gasteiger partial charge in [0, 0.05) is 18.8 Å². The highest BCUT2D eigenvalue weighted by Gasteiger charge is 2.54. The van der Waals surface area contributed by atoms with Gasteiger partial charge in [0.05, 0.1) is 12.9 Å². The molecule has 2 amide bonds. The van der Waals surface area contributed by atoms with Crippen molar-refractivity contribution < 1.29 is 33.0 Å². The predicted molar refractivity (Wildman–Crippen MR) is 123 cm³/mol. The molecule has 13 nitrogen and oxygen atoms in total. The van der Waals surface area contributed by atoms with Crippen LogP contribution in [0.15, 0.2) is 43.0 Å². The fourth-order valence-electron chi connectivity index (χ4n) is 4.11. The van der Waals surface area contributed by atoms with E-state index in [2.05, 4.69) is 25.6 Å². The van der Waals surface area contributed by atoms with E-state index in [0.717, 1.165) is 12.2 Å². The molecular weight excluding hydrogens is 479 g/mol. The Balaban J connectivity index is 1.45. The smallest absolute Gasteiger partial charge is 0.325 e. The minimum Gasteiger partial charge on any atom is -0.347 e. The number of carbonyl (C=O) groups excluding carboxylic acids is 1. The number of hydrogen-bond donors (Lipinski definition) is 3. The molecule has 6 atom stereocenters. The van der Waals surface area contributed by atoms with Crippen molar-refractivity contribution in [3.8, 4) is 0 Å². The van der Waals surface area contributed by atoms with E-state index < -0.39 is 44.5 Å². The Hall–Kier alpha value is -2.93. The SMILES string of the molecule is CCNC(=O)Nc1ncnc2c1ncn2[C@@H]1O[C@H](COP(C)(=O)O)C2O[C@@H](c3ccccc3)O[C@@H]21. The summed E-state index contributed by atoms with van der Waals surface area (Å²) in [6, 6.07) is 9.02. The van der Waals surface area contributed by atoms with Crippen molar-refractivity contribution in [1.29, 1.82) is 0 Å². The van der Waals surface area contributed by atoms with Crippen molar-refractivity contribution in [3.05, 3.63) is 48.5 Å². The summed E-state index contributed by atoms with van der Waals surface area (Å²) < 4.78 is 37.1. The van der Waals surface area contributed by atoms with Gasteiger partial charge in [0.15, 0.2) is 29.5 Å². The first-order chi connectivity index (χ1) is 16.8. The van der Waals surface area contributed by atoms with E-state index in [0.29, 0.717) is 17.7 Å². The molecule has 2 saturated heterocycles. The Morgan fingerprint density at radius 2 is 1.94 bits per heavy atom. The van der Waals surface area contributed by atoms with E-state index in [9.17, 15) is 14.3 Å². The number of carbonyl (C=O) groups is 1. The van der Waals surface area contributed by atoms with Crippen LogP contribution in [0.25, 0.3) is 11.2 Å². The maximum atomic E-state index is 12.0. The van der Waals surface area contributed by atoms with Gasteiger partial charge in [-0.15, -0.1) is 0 Å². The van der Waals surface area contributed by atoms with E-state index in [1.54, 1.807) is 11.5 Å². The average molecular weight is 504 g/mol. The molecule has 2 aliphatic rings. The molecular formula is C21H25N6O7P. The number of imidazole rings is 1. The summed E-state index contributed by atoms with van der Waals surface area (Å²) in [6.07, 6.45) is -0.404. The highest BCUT2D eigenvalue weighted by atomic mass is 31.2. The normalized spacial score (nSPS) is 27.5. The number of benzene rings is 1. The Kier molecular flexibility index (Phi) is 6.53. The standard InChI is InChI=1S/C21H25N6O7P/c1-3-22-21(28)26-17-14-18(24-10-23-17)27(11-25-14)19-16-15(13(32-19)9-31-35(2,29)30)33-20(34-16)12-7-5-4-6-8-12/h4-8,10-11,13,15-16,19-20H,3,9H2,1-2H3,(H,29,30)(H2,22,23,24,26,28)/t13-,15?,16+,19-,20-/m1/s1. The number of hydrogen-bond acceptors (Lipinski definition) is 9. The highest BCUT2D eigenvalue weighted by Crippen LogP contribution is 2.46. The molecule has 3 N–H and O–H groups in total. The van der Waals surface area contributed by atoms with Crippen molar-refractivity contribution in [2.45, 2.75) is 37.8 Å². The molecule has 0 radical (unpaired) electrons. The Bertz CT molecular complexity index is 1250. The first-order valence-corrected chi connectivity index (χ1v) is 13.0. The maximum absolute atomic E-state index is 12.0. The molecule has 0 saturated carbocycles. The summed E-state index contributed by atoms with van der Waals surface area (Å²) >= 11 is 0. The lowest BCUT2D eigenvalue weighted by molar-refractivity contribution is -0.152. The zero-order valence-electron chi connectivity index (χ0n) is 19.0. The number of aromatic nitrogens is 4. The molecule has 186 valence electrons. The lowest BCUT2D eigenvalue weighted by atomic mass is 10.1. The van der Waals surface area contributed by atoms with Crippen molar-refractivity contribution in [1.82, 2.24) is 24.8 Å². The Morgan fingerprint density at radius 3 is 2.69 bits per heavy atom. The fraction of sp³-hybridized carbons (Fsp3) is 0.429. The lowest BCUT2D eigenvalue weighted by Crippen LogP contribution is -2.31. The molecule has 35 heavy (non-hydrogen) atoms. The number of nitrogens with zero attached hydrogens (tertiary/aromatic N) is 4. The quantitative estimate of drug-likeness (QED) is 0.407. The van der Waals surface area contributed by atoms with Crippen molar-refractivity contribution in [2.24, 2.45) is 0 Å². The molecule has 2 aliphatic heterocycles. The molecule has 0 spiro atoms. The fourth-order valence-corrected chi connectivity index (χ4v) is 4.54. The second kappa shape index (κ2) is 9.61. The number of nitrogens with one attached hydrogen (secondary N) is 2. The molecule has 4 heterocycles. The topological polar surface area (TPSA) is 159 Å². The van der Waals surface area contributed by atoms with Gasteiger partial charge in [-0.25, -0.2) is 19.7 Å². The third-order valence-corrected chi connectivity index (χ3v) is 6.23. The van der Waals surface area contributed by atoms with Crippen molar-refractivity contribution in [3.63, 3.8) is 0 Å². The van der Waals surface area contributed by atoms with Crippen molar-refractivity contribution in [2.75, 3.05) is 25.1 Å². The van der Waals surface area contributed by atoms with Crippen LogP contribution in [0.5, 0.6) is 0 Å². The van der Waals surface area contributed by atoms with Gasteiger partial charge >= 0.3 is 13.6 Å². The predicted octanol–water partition coefficient (Wildman–Crippen LogP) is 2.18. The van der Waals surface area contributed by atoms with Crippen LogP contribution in [-0.2, 0) is 23.3 Å². The van der Waals surface area contributed by atoms with Crippen molar-refractivity contribution >= 4 is 30.6 Å². The Labute approximate surface area is 200 Å². The van der Waals surface area contributed by atoms with Crippen LogP contribution in [-0.4, -0.2) is 68.6 Å². The largest absolute Gasteiger partial charge is 0.347 e. The zero-order valence-corrected chi connectivity index (χ0v) is 19.9.